The molecule has 0 unspecified atom stereocenters. The molecule has 0 amide bonds. The molecule has 2 aliphatic rings. The second-order valence-corrected chi connectivity index (χ2v) is 6.54. The average Bonchev–Trinajstić information content (AvgIpc) is 3.11. The van der Waals surface area contributed by atoms with Gasteiger partial charge in [0.15, 0.2) is 0 Å². The van der Waals surface area contributed by atoms with Crippen molar-refractivity contribution in [2.45, 2.75) is 31.7 Å². The van der Waals surface area contributed by atoms with Crippen LogP contribution >= 0.6 is 24.8 Å². The SMILES string of the molecule is COc1cc(O)c([C@@H](C2CCCC2)N2CCNCC2)c(OC)c1.Cl.Cl. The lowest BCUT2D eigenvalue weighted by atomic mass is 9.88. The van der Waals surface area contributed by atoms with Gasteiger partial charge in [-0.15, -0.1) is 24.8 Å². The number of nitrogens with one attached hydrogen (secondary N) is 1. The molecule has 0 aromatic heterocycles. The molecular formula is C18H30Cl2N2O3. The van der Waals surface area contributed by atoms with E-state index in [2.05, 4.69) is 10.2 Å². The molecule has 1 saturated carbocycles. The molecule has 2 N–H and O–H groups in total. The van der Waals surface area contributed by atoms with E-state index in [4.69, 9.17) is 9.47 Å². The van der Waals surface area contributed by atoms with Crippen LogP contribution in [-0.4, -0.2) is 50.4 Å². The number of hydrogen-bond donors (Lipinski definition) is 2. The van der Waals surface area contributed by atoms with Crippen molar-refractivity contribution in [1.29, 1.82) is 0 Å². The van der Waals surface area contributed by atoms with Crippen molar-refractivity contribution >= 4 is 24.8 Å². The highest BCUT2D eigenvalue weighted by atomic mass is 35.5. The summed E-state index contributed by atoms with van der Waals surface area (Å²) >= 11 is 0. The summed E-state index contributed by atoms with van der Waals surface area (Å²) in [6.07, 6.45) is 5.02. The van der Waals surface area contributed by atoms with Crippen LogP contribution in [0.15, 0.2) is 12.1 Å². The molecule has 1 aliphatic heterocycles. The number of nitrogens with zero attached hydrogens (tertiary/aromatic N) is 1. The number of phenolic OH excluding ortho intramolecular Hbond substituents is 1. The van der Waals surface area contributed by atoms with Gasteiger partial charge in [-0.2, -0.15) is 0 Å². The van der Waals surface area contributed by atoms with Crippen LogP contribution in [0.3, 0.4) is 0 Å². The maximum absolute atomic E-state index is 10.7. The largest absolute Gasteiger partial charge is 0.507 e. The Kier molecular flexibility index (Phi) is 9.14. The summed E-state index contributed by atoms with van der Waals surface area (Å²) in [4.78, 5) is 2.51. The fourth-order valence-corrected chi connectivity index (χ4v) is 4.12. The summed E-state index contributed by atoms with van der Waals surface area (Å²) in [5.74, 6) is 2.24. The van der Waals surface area contributed by atoms with E-state index in [1.165, 1.54) is 25.7 Å². The maximum Gasteiger partial charge on any atom is 0.131 e. The van der Waals surface area contributed by atoms with Gasteiger partial charge in [0.05, 0.1) is 19.8 Å². The first-order valence-corrected chi connectivity index (χ1v) is 8.64. The third-order valence-corrected chi connectivity index (χ3v) is 5.24. The summed E-state index contributed by atoms with van der Waals surface area (Å²) in [6.45, 7) is 4.02. The highest BCUT2D eigenvalue weighted by Crippen LogP contribution is 2.47. The normalized spacial score (nSPS) is 19.6. The van der Waals surface area contributed by atoms with Crippen molar-refractivity contribution in [3.63, 3.8) is 0 Å². The van der Waals surface area contributed by atoms with E-state index in [-0.39, 0.29) is 36.6 Å². The average molecular weight is 393 g/mol. The number of piperazine rings is 1. The van der Waals surface area contributed by atoms with Crippen molar-refractivity contribution in [1.82, 2.24) is 10.2 Å². The van der Waals surface area contributed by atoms with Crippen LogP contribution in [0.2, 0.25) is 0 Å². The molecule has 144 valence electrons. The van der Waals surface area contributed by atoms with Crippen LogP contribution in [0.5, 0.6) is 17.2 Å². The van der Waals surface area contributed by atoms with Gasteiger partial charge in [0, 0.05) is 44.4 Å². The van der Waals surface area contributed by atoms with E-state index in [1.54, 1.807) is 20.3 Å². The minimum atomic E-state index is 0. The number of ether oxygens (including phenoxy) is 2. The van der Waals surface area contributed by atoms with Gasteiger partial charge < -0.3 is 19.9 Å². The number of phenols is 1. The molecule has 5 nitrogen and oxygen atoms in total. The molecule has 1 aromatic rings. The second kappa shape index (κ2) is 10.3. The third kappa shape index (κ3) is 4.85. The number of hydrogen-bond acceptors (Lipinski definition) is 5. The first-order chi connectivity index (χ1) is 11.2. The second-order valence-electron chi connectivity index (χ2n) is 6.54. The fraction of sp³-hybridized carbons (Fsp3) is 0.667. The summed E-state index contributed by atoms with van der Waals surface area (Å²) in [7, 11) is 3.28. The topological polar surface area (TPSA) is 54.0 Å². The predicted molar refractivity (Wildman–Crippen MR) is 105 cm³/mol. The van der Waals surface area contributed by atoms with E-state index in [0.29, 0.717) is 11.7 Å². The molecule has 0 spiro atoms. The molecule has 1 saturated heterocycles. The minimum Gasteiger partial charge on any atom is -0.507 e. The zero-order valence-corrected chi connectivity index (χ0v) is 16.6. The smallest absolute Gasteiger partial charge is 0.131 e. The monoisotopic (exact) mass is 392 g/mol. The Morgan fingerprint density at radius 3 is 2.28 bits per heavy atom. The van der Waals surface area contributed by atoms with Crippen LogP contribution in [0, 0.1) is 5.92 Å². The Labute approximate surface area is 162 Å². The molecule has 0 radical (unpaired) electrons. The molecule has 25 heavy (non-hydrogen) atoms. The van der Waals surface area contributed by atoms with Gasteiger partial charge in [-0.25, -0.2) is 0 Å². The van der Waals surface area contributed by atoms with Crippen LogP contribution in [0.1, 0.15) is 37.3 Å². The van der Waals surface area contributed by atoms with Crippen molar-refractivity contribution < 1.29 is 14.6 Å². The van der Waals surface area contributed by atoms with Crippen LogP contribution in [0.4, 0.5) is 0 Å². The van der Waals surface area contributed by atoms with E-state index in [0.717, 1.165) is 37.5 Å². The Morgan fingerprint density at radius 2 is 1.72 bits per heavy atom. The molecule has 1 aromatic carbocycles. The Hall–Kier alpha value is -0.880. The predicted octanol–water partition coefficient (Wildman–Crippen LogP) is 3.39. The number of benzene rings is 1. The lowest BCUT2D eigenvalue weighted by Gasteiger charge is -2.39. The lowest BCUT2D eigenvalue weighted by molar-refractivity contribution is 0.120. The van der Waals surface area contributed by atoms with Gasteiger partial charge in [-0.05, 0) is 18.8 Å². The summed E-state index contributed by atoms with van der Waals surface area (Å²) < 4.78 is 10.9. The number of methoxy groups -OCH3 is 2. The van der Waals surface area contributed by atoms with Gasteiger partial charge in [0.1, 0.15) is 17.2 Å². The molecule has 7 heteroatoms. The van der Waals surface area contributed by atoms with Crippen molar-refractivity contribution in [2.75, 3.05) is 40.4 Å². The highest BCUT2D eigenvalue weighted by Gasteiger charge is 2.35. The molecular weight excluding hydrogens is 363 g/mol. The zero-order valence-electron chi connectivity index (χ0n) is 15.0. The summed E-state index contributed by atoms with van der Waals surface area (Å²) in [6, 6.07) is 3.82. The molecule has 0 bridgehead atoms. The van der Waals surface area contributed by atoms with Gasteiger partial charge in [-0.1, -0.05) is 12.8 Å². The molecule has 3 rings (SSSR count). The number of halogens is 2. The van der Waals surface area contributed by atoms with Gasteiger partial charge >= 0.3 is 0 Å². The van der Waals surface area contributed by atoms with Crippen molar-refractivity contribution in [3.8, 4) is 17.2 Å². The lowest BCUT2D eigenvalue weighted by Crippen LogP contribution is -2.46. The first-order valence-electron chi connectivity index (χ1n) is 8.64. The quantitative estimate of drug-likeness (QED) is 0.803. The fourth-order valence-electron chi connectivity index (χ4n) is 4.12. The Bertz CT molecular complexity index is 533. The zero-order chi connectivity index (χ0) is 16.2. The number of rotatable bonds is 5. The summed E-state index contributed by atoms with van der Waals surface area (Å²) in [5.41, 5.74) is 0.933. The van der Waals surface area contributed by atoms with Crippen molar-refractivity contribution in [3.05, 3.63) is 17.7 Å². The standard InChI is InChI=1S/C18H28N2O3.2ClH/c1-22-14-11-15(21)17(16(12-14)23-2)18(13-5-3-4-6-13)20-9-7-19-8-10-20;;/h11-13,18-19,21H,3-10H2,1-2H3;2*1H/t18-;;/m1../s1. The molecule has 1 heterocycles. The third-order valence-electron chi connectivity index (χ3n) is 5.24. The Morgan fingerprint density at radius 1 is 1.08 bits per heavy atom. The van der Waals surface area contributed by atoms with Crippen molar-refractivity contribution in [2.24, 2.45) is 5.92 Å². The van der Waals surface area contributed by atoms with E-state index < -0.39 is 0 Å². The van der Waals surface area contributed by atoms with E-state index >= 15 is 0 Å². The van der Waals surface area contributed by atoms with Crippen LogP contribution in [0.25, 0.3) is 0 Å². The van der Waals surface area contributed by atoms with E-state index in [1.807, 2.05) is 6.07 Å². The highest BCUT2D eigenvalue weighted by molar-refractivity contribution is 5.85. The first kappa shape index (κ1) is 22.2. The molecule has 2 fully saturated rings. The Balaban J connectivity index is 0.00000156. The van der Waals surface area contributed by atoms with Gasteiger partial charge in [-0.3, -0.25) is 4.90 Å². The van der Waals surface area contributed by atoms with Gasteiger partial charge in [0.25, 0.3) is 0 Å². The van der Waals surface area contributed by atoms with E-state index in [9.17, 15) is 5.11 Å². The summed E-state index contributed by atoms with van der Waals surface area (Å²) in [5, 5.41) is 14.1. The van der Waals surface area contributed by atoms with Crippen LogP contribution in [-0.2, 0) is 0 Å². The van der Waals surface area contributed by atoms with Gasteiger partial charge in [0.2, 0.25) is 0 Å². The van der Waals surface area contributed by atoms with Crippen LogP contribution < -0.4 is 14.8 Å². The molecule has 1 atom stereocenters. The minimum absolute atomic E-state index is 0. The molecule has 1 aliphatic carbocycles. The number of aromatic hydroxyl groups is 1. The maximum atomic E-state index is 10.7.